The van der Waals surface area contributed by atoms with Crippen LogP contribution < -0.4 is 11.1 Å². The van der Waals surface area contributed by atoms with E-state index in [4.69, 9.17) is 5.73 Å². The number of rotatable bonds is 3. The Morgan fingerprint density at radius 1 is 1.44 bits per heavy atom. The fourth-order valence-corrected chi connectivity index (χ4v) is 2.53. The monoisotopic (exact) mass is 247 g/mol. The molecule has 3 N–H and O–H groups in total. The molecule has 0 spiro atoms. The second-order valence-electron chi connectivity index (χ2n) is 5.35. The van der Waals surface area contributed by atoms with Gasteiger partial charge in [-0.2, -0.15) is 0 Å². The van der Waals surface area contributed by atoms with E-state index in [1.807, 2.05) is 0 Å². The van der Waals surface area contributed by atoms with Crippen molar-refractivity contribution in [1.29, 1.82) is 0 Å². The van der Waals surface area contributed by atoms with Gasteiger partial charge in [0.15, 0.2) is 0 Å². The molecule has 1 aromatic heterocycles. The smallest absolute Gasteiger partial charge is 0.226 e. The number of hydrogen-bond acceptors (Lipinski definition) is 3. The van der Waals surface area contributed by atoms with Crippen molar-refractivity contribution in [2.45, 2.75) is 39.2 Å². The molecule has 0 aromatic carbocycles. The van der Waals surface area contributed by atoms with Crippen LogP contribution in [0.4, 0.5) is 5.69 Å². The molecular weight excluding hydrogens is 226 g/mol. The highest BCUT2D eigenvalue weighted by Gasteiger charge is 2.30. The molecule has 4 heteroatoms. The first-order chi connectivity index (χ1) is 8.56. The summed E-state index contributed by atoms with van der Waals surface area (Å²) >= 11 is 0. The van der Waals surface area contributed by atoms with Gasteiger partial charge < -0.3 is 11.1 Å². The van der Waals surface area contributed by atoms with Crippen LogP contribution >= 0.6 is 0 Å². The average Bonchev–Trinajstić information content (AvgIpc) is 2.64. The first kappa shape index (κ1) is 12.9. The maximum atomic E-state index is 11.9. The van der Waals surface area contributed by atoms with Gasteiger partial charge in [0, 0.05) is 11.7 Å². The van der Waals surface area contributed by atoms with Crippen molar-refractivity contribution in [3.63, 3.8) is 0 Å². The lowest BCUT2D eigenvalue weighted by Gasteiger charge is -2.19. The number of nitrogens with two attached hydrogens (primary N) is 1. The second kappa shape index (κ2) is 5.38. The van der Waals surface area contributed by atoms with E-state index in [1.165, 1.54) is 6.42 Å². The first-order valence-electron chi connectivity index (χ1n) is 6.56. The van der Waals surface area contributed by atoms with E-state index in [9.17, 15) is 4.79 Å². The number of hydrogen-bond donors (Lipinski definition) is 2. The van der Waals surface area contributed by atoms with Gasteiger partial charge in [-0.15, -0.1) is 0 Å². The molecule has 3 unspecified atom stereocenters. The van der Waals surface area contributed by atoms with E-state index in [0.29, 0.717) is 30.0 Å². The zero-order valence-electron chi connectivity index (χ0n) is 11.0. The molecule has 1 saturated carbocycles. The maximum Gasteiger partial charge on any atom is 0.226 e. The van der Waals surface area contributed by atoms with Crippen LogP contribution in [0.15, 0.2) is 18.3 Å². The van der Waals surface area contributed by atoms with Gasteiger partial charge in [-0.3, -0.25) is 9.78 Å². The molecule has 1 heterocycles. The number of carbonyl (C=O) groups excluding carboxylic acids is 1. The largest absolute Gasteiger partial charge is 0.397 e. The van der Waals surface area contributed by atoms with Gasteiger partial charge in [0.2, 0.25) is 5.91 Å². The zero-order valence-corrected chi connectivity index (χ0v) is 11.0. The van der Waals surface area contributed by atoms with E-state index in [2.05, 4.69) is 24.1 Å². The molecule has 1 aromatic rings. The minimum Gasteiger partial charge on any atom is -0.397 e. The van der Waals surface area contributed by atoms with Gasteiger partial charge in [0.05, 0.1) is 18.3 Å². The van der Waals surface area contributed by atoms with Crippen molar-refractivity contribution in [2.75, 3.05) is 5.73 Å². The van der Waals surface area contributed by atoms with Crippen molar-refractivity contribution >= 4 is 11.6 Å². The summed E-state index contributed by atoms with van der Waals surface area (Å²) in [6.45, 7) is 4.46. The number of nitrogen functional groups attached to an aromatic ring is 1. The SMILES string of the molecule is CC1CCC(NC(=O)Cc2ccc(N)cn2)C1C. The fourth-order valence-electron chi connectivity index (χ4n) is 2.53. The lowest BCUT2D eigenvalue weighted by molar-refractivity contribution is -0.121. The summed E-state index contributed by atoms with van der Waals surface area (Å²) < 4.78 is 0. The van der Waals surface area contributed by atoms with Crippen LogP contribution in [0.5, 0.6) is 0 Å². The predicted octanol–water partition coefficient (Wildman–Crippen LogP) is 1.76. The molecule has 4 nitrogen and oxygen atoms in total. The van der Waals surface area contributed by atoms with Crippen molar-refractivity contribution in [1.82, 2.24) is 10.3 Å². The Hall–Kier alpha value is -1.58. The number of nitrogens with zero attached hydrogens (tertiary/aromatic N) is 1. The van der Waals surface area contributed by atoms with Gasteiger partial charge >= 0.3 is 0 Å². The highest BCUT2D eigenvalue weighted by molar-refractivity contribution is 5.78. The summed E-state index contributed by atoms with van der Waals surface area (Å²) in [5.74, 6) is 1.32. The summed E-state index contributed by atoms with van der Waals surface area (Å²) in [6, 6.07) is 3.90. The Labute approximate surface area is 108 Å². The van der Waals surface area contributed by atoms with Crippen LogP contribution in [0, 0.1) is 11.8 Å². The summed E-state index contributed by atoms with van der Waals surface area (Å²) in [5.41, 5.74) is 6.95. The maximum absolute atomic E-state index is 11.9. The third-order valence-electron chi connectivity index (χ3n) is 4.00. The number of carbonyl (C=O) groups is 1. The zero-order chi connectivity index (χ0) is 13.1. The van der Waals surface area contributed by atoms with E-state index >= 15 is 0 Å². The minimum absolute atomic E-state index is 0.0539. The second-order valence-corrected chi connectivity index (χ2v) is 5.35. The number of nitrogens with one attached hydrogen (secondary N) is 1. The molecule has 1 aliphatic rings. The molecule has 1 amide bonds. The summed E-state index contributed by atoms with van der Waals surface area (Å²) in [4.78, 5) is 16.1. The van der Waals surface area contributed by atoms with Crippen LogP contribution in [0.25, 0.3) is 0 Å². The molecular formula is C14H21N3O. The normalized spacial score (nSPS) is 27.1. The highest BCUT2D eigenvalue weighted by atomic mass is 16.1. The summed E-state index contributed by atoms with van der Waals surface area (Å²) in [5, 5.41) is 3.11. The van der Waals surface area contributed by atoms with Crippen molar-refractivity contribution in [3.8, 4) is 0 Å². The Kier molecular flexibility index (Phi) is 3.84. The molecule has 0 bridgehead atoms. The van der Waals surface area contributed by atoms with Crippen LogP contribution in [0.3, 0.4) is 0 Å². The highest BCUT2D eigenvalue weighted by Crippen LogP contribution is 2.31. The van der Waals surface area contributed by atoms with Crippen molar-refractivity contribution in [2.24, 2.45) is 11.8 Å². The quantitative estimate of drug-likeness (QED) is 0.855. The summed E-state index contributed by atoms with van der Waals surface area (Å²) in [6.07, 6.45) is 4.20. The van der Waals surface area contributed by atoms with Gasteiger partial charge in [-0.1, -0.05) is 13.8 Å². The van der Waals surface area contributed by atoms with Crippen LogP contribution in [0.2, 0.25) is 0 Å². The average molecular weight is 247 g/mol. The minimum atomic E-state index is 0.0539. The van der Waals surface area contributed by atoms with Crippen molar-refractivity contribution < 1.29 is 4.79 Å². The topological polar surface area (TPSA) is 68.0 Å². The molecule has 18 heavy (non-hydrogen) atoms. The van der Waals surface area contributed by atoms with Crippen LogP contribution in [-0.4, -0.2) is 16.9 Å². The number of pyridine rings is 1. The Bertz CT molecular complexity index is 416. The standard InChI is InChI=1S/C14H21N3O/c1-9-3-6-13(10(9)2)17-14(18)7-12-5-4-11(15)8-16-12/h4-5,8-10,13H,3,6-7,15H2,1-2H3,(H,17,18). The van der Waals surface area contributed by atoms with E-state index in [1.54, 1.807) is 18.3 Å². The first-order valence-corrected chi connectivity index (χ1v) is 6.56. The molecule has 0 aliphatic heterocycles. The van der Waals surface area contributed by atoms with Crippen LogP contribution in [0.1, 0.15) is 32.4 Å². The van der Waals surface area contributed by atoms with Gasteiger partial charge in [-0.25, -0.2) is 0 Å². The van der Waals surface area contributed by atoms with E-state index < -0.39 is 0 Å². The van der Waals surface area contributed by atoms with Gasteiger partial charge in [-0.05, 0) is 36.8 Å². The third-order valence-corrected chi connectivity index (χ3v) is 4.00. The molecule has 1 fully saturated rings. The third kappa shape index (κ3) is 3.00. The lowest BCUT2D eigenvalue weighted by atomic mass is 9.98. The van der Waals surface area contributed by atoms with Gasteiger partial charge in [0.1, 0.15) is 0 Å². The number of aromatic nitrogens is 1. The Morgan fingerprint density at radius 2 is 2.22 bits per heavy atom. The van der Waals surface area contributed by atoms with E-state index in [0.717, 1.165) is 12.1 Å². The Balaban J connectivity index is 1.87. The predicted molar refractivity (Wildman–Crippen MR) is 71.8 cm³/mol. The van der Waals surface area contributed by atoms with Gasteiger partial charge in [0.25, 0.3) is 0 Å². The molecule has 1 aliphatic carbocycles. The van der Waals surface area contributed by atoms with Crippen molar-refractivity contribution in [3.05, 3.63) is 24.0 Å². The number of amides is 1. The molecule has 3 atom stereocenters. The Morgan fingerprint density at radius 3 is 2.78 bits per heavy atom. The molecule has 0 saturated heterocycles. The molecule has 98 valence electrons. The van der Waals surface area contributed by atoms with E-state index in [-0.39, 0.29) is 5.91 Å². The number of anilines is 1. The molecule has 2 rings (SSSR count). The fraction of sp³-hybridized carbons (Fsp3) is 0.571. The lowest BCUT2D eigenvalue weighted by Crippen LogP contribution is -2.38. The molecule has 0 radical (unpaired) electrons. The summed E-state index contributed by atoms with van der Waals surface area (Å²) in [7, 11) is 0. The van der Waals surface area contributed by atoms with Crippen LogP contribution in [-0.2, 0) is 11.2 Å².